The molecule has 2 aliphatic rings. The smallest absolute Gasteiger partial charge is 0.394 e. The molecule has 1 aliphatic carbocycles. The molecule has 3 aromatic rings. The van der Waals surface area contributed by atoms with Crippen molar-refractivity contribution in [2.45, 2.75) is 61.4 Å². The van der Waals surface area contributed by atoms with Crippen LogP contribution < -0.4 is 0 Å². The maximum atomic E-state index is 14.3. The minimum atomic E-state index is -4.50. The van der Waals surface area contributed by atoms with E-state index in [4.69, 9.17) is 9.47 Å². The molecule has 1 aromatic carbocycles. The molecule has 38 heavy (non-hydrogen) atoms. The molecule has 3 heterocycles. The zero-order valence-electron chi connectivity index (χ0n) is 19.7. The highest BCUT2D eigenvalue weighted by Gasteiger charge is 2.66. The van der Waals surface area contributed by atoms with Crippen molar-refractivity contribution >= 4 is 0 Å². The third-order valence-electron chi connectivity index (χ3n) is 7.00. The molecule has 10 nitrogen and oxygen atoms in total. The number of hydrogen-bond donors (Lipinski definition) is 2. The molecule has 0 bridgehead atoms. The molecule has 0 radical (unpaired) electrons. The van der Waals surface area contributed by atoms with E-state index < -0.39 is 66.2 Å². The lowest BCUT2D eigenvalue weighted by molar-refractivity contribution is -0.212. The summed E-state index contributed by atoms with van der Waals surface area (Å²) in [7, 11) is 1.30. The molecule has 1 saturated carbocycles. The van der Waals surface area contributed by atoms with Crippen molar-refractivity contribution in [1.29, 1.82) is 0 Å². The van der Waals surface area contributed by atoms with Crippen LogP contribution in [0.5, 0.6) is 0 Å². The van der Waals surface area contributed by atoms with Crippen molar-refractivity contribution in [3.63, 3.8) is 0 Å². The van der Waals surface area contributed by atoms with E-state index >= 15 is 0 Å². The van der Waals surface area contributed by atoms with Crippen LogP contribution in [0.1, 0.15) is 24.6 Å². The molecule has 5 rings (SSSR count). The molecule has 2 N–H and O–H groups in total. The standard InChI is InChI=1S/C22H22F6N6O4/c1-37-20-14(6-10-7-34(32-29-10)21(4-5-21)22(26,27)28)38-15(9-35)19(36)18(20)33-8-13(30-31-33)11-2-3-12(23)17(25)16(11)24/h2-3,7-8,14-15,18-20,35-36H,4-6,9H2,1H3/t14-,15-,18+,19+,20+/m1/s1. The number of ether oxygens (including phenoxy) is 2. The van der Waals surface area contributed by atoms with E-state index in [-0.39, 0.29) is 36.2 Å². The van der Waals surface area contributed by atoms with Crippen molar-refractivity contribution in [3.05, 3.63) is 47.7 Å². The maximum absolute atomic E-state index is 14.3. The van der Waals surface area contributed by atoms with Gasteiger partial charge in [-0.25, -0.2) is 22.5 Å². The van der Waals surface area contributed by atoms with Crippen molar-refractivity contribution in [2.75, 3.05) is 13.7 Å². The first-order chi connectivity index (χ1) is 18.0. The minimum Gasteiger partial charge on any atom is -0.394 e. The number of alkyl halides is 3. The minimum absolute atomic E-state index is 0.0917. The van der Waals surface area contributed by atoms with Crippen LogP contribution in [0.4, 0.5) is 26.3 Å². The number of halogens is 6. The number of nitrogens with zero attached hydrogens (tertiary/aromatic N) is 6. The van der Waals surface area contributed by atoms with Gasteiger partial charge in [0.05, 0.1) is 24.6 Å². The molecule has 2 fully saturated rings. The van der Waals surface area contributed by atoms with Gasteiger partial charge in [-0.15, -0.1) is 10.2 Å². The topological polar surface area (TPSA) is 120 Å². The van der Waals surface area contributed by atoms with E-state index in [0.717, 1.165) is 21.5 Å². The van der Waals surface area contributed by atoms with Gasteiger partial charge in [0.15, 0.2) is 23.0 Å². The fourth-order valence-corrected chi connectivity index (χ4v) is 4.77. The molecular formula is C22H22F6N6O4. The largest absolute Gasteiger partial charge is 0.413 e. The van der Waals surface area contributed by atoms with E-state index in [1.807, 2.05) is 0 Å². The molecule has 16 heteroatoms. The van der Waals surface area contributed by atoms with Crippen molar-refractivity contribution < 1.29 is 46.0 Å². The van der Waals surface area contributed by atoms with Crippen LogP contribution in [-0.4, -0.2) is 84.5 Å². The van der Waals surface area contributed by atoms with Gasteiger partial charge in [-0.1, -0.05) is 10.4 Å². The highest BCUT2D eigenvalue weighted by Crippen LogP contribution is 2.55. The fraction of sp³-hybridized carbons (Fsp3) is 0.545. The van der Waals surface area contributed by atoms with Crippen LogP contribution in [0.2, 0.25) is 0 Å². The van der Waals surface area contributed by atoms with Crippen LogP contribution in [0.25, 0.3) is 11.3 Å². The van der Waals surface area contributed by atoms with E-state index in [1.54, 1.807) is 0 Å². The third-order valence-corrected chi connectivity index (χ3v) is 7.00. The quantitative estimate of drug-likeness (QED) is 0.340. The Bertz CT molecular complexity index is 1310. The summed E-state index contributed by atoms with van der Waals surface area (Å²) >= 11 is 0. The zero-order chi connectivity index (χ0) is 27.4. The molecular weight excluding hydrogens is 526 g/mol. The predicted molar refractivity (Wildman–Crippen MR) is 114 cm³/mol. The Balaban J connectivity index is 1.43. The van der Waals surface area contributed by atoms with Crippen LogP contribution in [0.15, 0.2) is 24.5 Å². The van der Waals surface area contributed by atoms with Crippen molar-refractivity contribution in [2.24, 2.45) is 0 Å². The second kappa shape index (κ2) is 9.59. The number of aromatic nitrogens is 6. The van der Waals surface area contributed by atoms with E-state index in [0.29, 0.717) is 0 Å². The van der Waals surface area contributed by atoms with Crippen molar-refractivity contribution in [1.82, 2.24) is 30.0 Å². The predicted octanol–water partition coefficient (Wildman–Crippen LogP) is 1.92. The van der Waals surface area contributed by atoms with Crippen LogP contribution in [0.3, 0.4) is 0 Å². The van der Waals surface area contributed by atoms with E-state index in [1.165, 1.54) is 19.5 Å². The Morgan fingerprint density at radius 2 is 1.82 bits per heavy atom. The van der Waals surface area contributed by atoms with E-state index in [9.17, 15) is 36.6 Å². The molecule has 5 atom stereocenters. The summed E-state index contributed by atoms with van der Waals surface area (Å²) in [5, 5.41) is 35.9. The molecule has 2 aromatic heterocycles. The number of rotatable bonds is 7. The Labute approximate surface area is 210 Å². The molecule has 0 unspecified atom stereocenters. The molecule has 0 amide bonds. The molecule has 1 aliphatic heterocycles. The Morgan fingerprint density at radius 3 is 2.45 bits per heavy atom. The third kappa shape index (κ3) is 4.34. The molecule has 1 saturated heterocycles. The average molecular weight is 548 g/mol. The number of aliphatic hydroxyl groups excluding tert-OH is 2. The average Bonchev–Trinajstić information content (AvgIpc) is 3.35. The SMILES string of the molecule is CO[C@@H]1[C@@H](n2cc(-c3ccc(F)c(F)c3F)nn2)[C@@H](O)[C@@H](CO)O[C@@H]1Cc1cn(C2(C(F)(F)F)CC2)nn1. The lowest BCUT2D eigenvalue weighted by Crippen LogP contribution is -2.57. The van der Waals surface area contributed by atoms with Gasteiger partial charge < -0.3 is 19.7 Å². The molecule has 206 valence electrons. The highest BCUT2D eigenvalue weighted by atomic mass is 19.4. The summed E-state index contributed by atoms with van der Waals surface area (Å²) in [6, 6.07) is 0.626. The normalized spacial score (nSPS) is 27.0. The van der Waals surface area contributed by atoms with Crippen molar-refractivity contribution in [3.8, 4) is 11.3 Å². The number of hydrogen-bond acceptors (Lipinski definition) is 8. The summed E-state index contributed by atoms with van der Waals surface area (Å²) in [6.45, 7) is -0.631. The van der Waals surface area contributed by atoms with Gasteiger partial charge in [0.2, 0.25) is 0 Å². The number of aliphatic hydroxyl groups is 2. The fourth-order valence-electron chi connectivity index (χ4n) is 4.77. The highest BCUT2D eigenvalue weighted by molar-refractivity contribution is 5.58. The summed E-state index contributed by atoms with van der Waals surface area (Å²) in [4.78, 5) is 0. The van der Waals surface area contributed by atoms with Crippen LogP contribution in [0, 0.1) is 17.5 Å². The lowest BCUT2D eigenvalue weighted by Gasteiger charge is -2.43. The van der Waals surface area contributed by atoms with Gasteiger partial charge in [0, 0.05) is 25.3 Å². The van der Waals surface area contributed by atoms with E-state index in [2.05, 4.69) is 20.6 Å². The number of methoxy groups -OCH3 is 1. The molecule has 0 spiro atoms. The van der Waals surface area contributed by atoms with Gasteiger partial charge >= 0.3 is 6.18 Å². The van der Waals surface area contributed by atoms with Gasteiger partial charge in [0.25, 0.3) is 0 Å². The summed E-state index contributed by atoms with van der Waals surface area (Å²) < 4.78 is 95.0. The summed E-state index contributed by atoms with van der Waals surface area (Å²) in [6.07, 6.45) is -6.99. The first-order valence-corrected chi connectivity index (χ1v) is 11.5. The Morgan fingerprint density at radius 1 is 1.08 bits per heavy atom. The monoisotopic (exact) mass is 548 g/mol. The second-order valence-electron chi connectivity index (χ2n) is 9.27. The summed E-state index contributed by atoms with van der Waals surface area (Å²) in [5.74, 6) is -4.55. The second-order valence-corrected chi connectivity index (χ2v) is 9.27. The first-order valence-electron chi connectivity index (χ1n) is 11.5. The Kier molecular flexibility index (Phi) is 6.69. The summed E-state index contributed by atoms with van der Waals surface area (Å²) in [5.41, 5.74) is -2.49. The van der Waals surface area contributed by atoms with Gasteiger partial charge in [0.1, 0.15) is 30.0 Å². The van der Waals surface area contributed by atoms with Gasteiger partial charge in [-0.2, -0.15) is 13.2 Å². The maximum Gasteiger partial charge on any atom is 0.413 e. The zero-order valence-corrected chi connectivity index (χ0v) is 19.7. The number of benzene rings is 1. The van der Waals surface area contributed by atoms with Gasteiger partial charge in [-0.05, 0) is 25.0 Å². The Hall–Kier alpha value is -3.08. The first kappa shape index (κ1) is 26.5. The van der Waals surface area contributed by atoms with Crippen LogP contribution >= 0.6 is 0 Å². The van der Waals surface area contributed by atoms with Gasteiger partial charge in [-0.3, -0.25) is 0 Å². The lowest BCUT2D eigenvalue weighted by atomic mass is 9.90. The van der Waals surface area contributed by atoms with Crippen LogP contribution in [-0.2, 0) is 21.4 Å².